The third kappa shape index (κ3) is 3.89. The summed E-state index contributed by atoms with van der Waals surface area (Å²) in [6.07, 6.45) is 1.40. The second kappa shape index (κ2) is 7.13. The third-order valence-electron chi connectivity index (χ3n) is 3.89. The summed E-state index contributed by atoms with van der Waals surface area (Å²) in [6.45, 7) is 2.32. The van der Waals surface area contributed by atoms with Gasteiger partial charge in [-0.1, -0.05) is 0 Å². The Balaban J connectivity index is 2.07. The molecule has 0 atom stereocenters. The van der Waals surface area contributed by atoms with E-state index in [9.17, 15) is 4.79 Å². The summed E-state index contributed by atoms with van der Waals surface area (Å²) in [5.41, 5.74) is 1.05. The van der Waals surface area contributed by atoms with Crippen molar-refractivity contribution in [3.05, 3.63) is 22.2 Å². The lowest BCUT2D eigenvalue weighted by molar-refractivity contribution is -0.143. The molecule has 1 aromatic carbocycles. The maximum atomic E-state index is 11.0. The Bertz CT molecular complexity index is 513. The molecule has 1 heterocycles. The molecular formula is C15H20BrNO4. The van der Waals surface area contributed by atoms with Crippen LogP contribution in [0.15, 0.2) is 16.6 Å². The Kier molecular flexibility index (Phi) is 5.47. The van der Waals surface area contributed by atoms with Crippen LogP contribution in [-0.4, -0.2) is 43.3 Å². The normalized spacial score (nSPS) is 16.7. The molecule has 0 radical (unpaired) electrons. The number of nitrogens with zero attached hydrogens (tertiary/aromatic N) is 1. The molecule has 116 valence electrons. The average molecular weight is 358 g/mol. The summed E-state index contributed by atoms with van der Waals surface area (Å²) < 4.78 is 11.6. The van der Waals surface area contributed by atoms with Gasteiger partial charge in [0.15, 0.2) is 0 Å². The SMILES string of the molecule is COc1cc(CN2CCC(C(=O)O)CC2)c(OC)cc1Br. The molecule has 1 aliphatic rings. The van der Waals surface area contributed by atoms with Crippen LogP contribution in [-0.2, 0) is 11.3 Å². The number of carboxylic acids is 1. The van der Waals surface area contributed by atoms with Gasteiger partial charge in [-0.05, 0) is 54.0 Å². The van der Waals surface area contributed by atoms with Crippen LogP contribution in [0, 0.1) is 5.92 Å². The number of rotatable bonds is 5. The quantitative estimate of drug-likeness (QED) is 0.877. The summed E-state index contributed by atoms with van der Waals surface area (Å²) in [6, 6.07) is 3.87. The van der Waals surface area contributed by atoms with Gasteiger partial charge in [0.25, 0.3) is 0 Å². The van der Waals surface area contributed by atoms with Gasteiger partial charge in [-0.2, -0.15) is 0 Å². The molecule has 1 fully saturated rings. The van der Waals surface area contributed by atoms with Crippen LogP contribution in [0.1, 0.15) is 18.4 Å². The fraction of sp³-hybridized carbons (Fsp3) is 0.533. The molecule has 0 aromatic heterocycles. The fourth-order valence-electron chi connectivity index (χ4n) is 2.63. The fourth-order valence-corrected chi connectivity index (χ4v) is 3.11. The maximum absolute atomic E-state index is 11.0. The number of hydrogen-bond acceptors (Lipinski definition) is 4. The molecule has 6 heteroatoms. The first-order valence-corrected chi connectivity index (χ1v) is 7.70. The summed E-state index contributed by atoms with van der Waals surface area (Å²) in [5.74, 6) is 0.689. The Hall–Kier alpha value is -1.27. The molecule has 1 aromatic rings. The first kappa shape index (κ1) is 16.1. The number of likely N-dealkylation sites (tertiary alicyclic amines) is 1. The van der Waals surface area contributed by atoms with Gasteiger partial charge in [-0.15, -0.1) is 0 Å². The molecule has 2 rings (SSSR count). The minimum atomic E-state index is -0.683. The largest absolute Gasteiger partial charge is 0.496 e. The molecule has 0 aliphatic carbocycles. The van der Waals surface area contributed by atoms with Gasteiger partial charge in [-0.3, -0.25) is 9.69 Å². The molecule has 0 spiro atoms. The molecule has 1 aliphatic heterocycles. The highest BCUT2D eigenvalue weighted by Gasteiger charge is 2.25. The van der Waals surface area contributed by atoms with Gasteiger partial charge in [0.2, 0.25) is 0 Å². The van der Waals surface area contributed by atoms with E-state index in [0.29, 0.717) is 12.8 Å². The van der Waals surface area contributed by atoms with E-state index in [0.717, 1.165) is 41.2 Å². The van der Waals surface area contributed by atoms with Crippen molar-refractivity contribution in [3.8, 4) is 11.5 Å². The zero-order chi connectivity index (χ0) is 15.4. The zero-order valence-corrected chi connectivity index (χ0v) is 13.9. The number of halogens is 1. The lowest BCUT2D eigenvalue weighted by atomic mass is 9.97. The number of methoxy groups -OCH3 is 2. The highest BCUT2D eigenvalue weighted by atomic mass is 79.9. The number of ether oxygens (including phenoxy) is 2. The first-order chi connectivity index (χ1) is 10.0. The monoisotopic (exact) mass is 357 g/mol. The summed E-state index contributed by atoms with van der Waals surface area (Å²) in [5, 5.41) is 9.03. The predicted molar refractivity (Wildman–Crippen MR) is 82.9 cm³/mol. The summed E-state index contributed by atoms with van der Waals surface area (Å²) in [4.78, 5) is 13.2. The van der Waals surface area contributed by atoms with E-state index in [1.807, 2.05) is 12.1 Å². The lowest BCUT2D eigenvalue weighted by Crippen LogP contribution is -2.35. The second-order valence-electron chi connectivity index (χ2n) is 5.19. The van der Waals surface area contributed by atoms with Crippen LogP contribution in [0.2, 0.25) is 0 Å². The molecule has 1 N–H and O–H groups in total. The van der Waals surface area contributed by atoms with Gasteiger partial charge in [0.05, 0.1) is 24.6 Å². The highest BCUT2D eigenvalue weighted by molar-refractivity contribution is 9.10. The van der Waals surface area contributed by atoms with Crippen LogP contribution >= 0.6 is 15.9 Å². The molecule has 1 saturated heterocycles. The van der Waals surface area contributed by atoms with Gasteiger partial charge in [-0.25, -0.2) is 0 Å². The third-order valence-corrected chi connectivity index (χ3v) is 4.51. The topological polar surface area (TPSA) is 59.0 Å². The van der Waals surface area contributed by atoms with E-state index in [1.165, 1.54) is 0 Å². The van der Waals surface area contributed by atoms with Crippen molar-refractivity contribution in [3.63, 3.8) is 0 Å². The zero-order valence-electron chi connectivity index (χ0n) is 12.3. The van der Waals surface area contributed by atoms with Crippen LogP contribution < -0.4 is 9.47 Å². The van der Waals surface area contributed by atoms with Crippen LogP contribution in [0.3, 0.4) is 0 Å². The van der Waals surface area contributed by atoms with Crippen molar-refractivity contribution in [1.82, 2.24) is 4.90 Å². The molecule has 21 heavy (non-hydrogen) atoms. The maximum Gasteiger partial charge on any atom is 0.306 e. The van der Waals surface area contributed by atoms with Gasteiger partial charge >= 0.3 is 5.97 Å². The predicted octanol–water partition coefficient (Wildman–Crippen LogP) is 2.76. The Morgan fingerprint density at radius 3 is 2.43 bits per heavy atom. The van der Waals surface area contributed by atoms with Gasteiger partial charge in [0.1, 0.15) is 11.5 Å². The number of aliphatic carboxylic acids is 1. The van der Waals surface area contributed by atoms with Crippen molar-refractivity contribution in [2.45, 2.75) is 19.4 Å². The Morgan fingerprint density at radius 1 is 1.29 bits per heavy atom. The molecular weight excluding hydrogens is 338 g/mol. The molecule has 5 nitrogen and oxygen atoms in total. The van der Waals surface area contributed by atoms with Crippen molar-refractivity contribution in [2.24, 2.45) is 5.92 Å². The number of carbonyl (C=O) groups is 1. The molecule has 0 unspecified atom stereocenters. The van der Waals surface area contributed by atoms with Crippen LogP contribution in [0.25, 0.3) is 0 Å². The van der Waals surface area contributed by atoms with E-state index >= 15 is 0 Å². The van der Waals surface area contributed by atoms with Gasteiger partial charge < -0.3 is 14.6 Å². The minimum Gasteiger partial charge on any atom is -0.496 e. The van der Waals surface area contributed by atoms with E-state index in [1.54, 1.807) is 14.2 Å². The Labute approximate surface area is 133 Å². The number of hydrogen-bond donors (Lipinski definition) is 1. The number of benzene rings is 1. The molecule has 0 amide bonds. The Morgan fingerprint density at radius 2 is 1.90 bits per heavy atom. The van der Waals surface area contributed by atoms with E-state index in [4.69, 9.17) is 14.6 Å². The molecule has 0 bridgehead atoms. The standard InChI is InChI=1S/C15H20BrNO4/c1-20-13-8-12(16)14(21-2)7-11(13)9-17-5-3-10(4-6-17)15(18)19/h7-8,10H,3-6,9H2,1-2H3,(H,18,19). The van der Waals surface area contributed by atoms with Crippen molar-refractivity contribution in [1.29, 1.82) is 0 Å². The lowest BCUT2D eigenvalue weighted by Gasteiger charge is -2.30. The summed E-state index contributed by atoms with van der Waals surface area (Å²) >= 11 is 3.45. The van der Waals surface area contributed by atoms with Gasteiger partial charge in [0, 0.05) is 12.1 Å². The smallest absolute Gasteiger partial charge is 0.306 e. The number of carboxylic acid groups (broad SMARTS) is 1. The van der Waals surface area contributed by atoms with Crippen LogP contribution in [0.5, 0.6) is 11.5 Å². The van der Waals surface area contributed by atoms with E-state index in [2.05, 4.69) is 20.8 Å². The molecule has 0 saturated carbocycles. The van der Waals surface area contributed by atoms with Crippen LogP contribution in [0.4, 0.5) is 0 Å². The first-order valence-electron chi connectivity index (χ1n) is 6.90. The van der Waals surface area contributed by atoms with Crippen molar-refractivity contribution < 1.29 is 19.4 Å². The minimum absolute atomic E-state index is 0.206. The number of piperidine rings is 1. The van der Waals surface area contributed by atoms with E-state index in [-0.39, 0.29) is 5.92 Å². The van der Waals surface area contributed by atoms with E-state index < -0.39 is 5.97 Å². The average Bonchev–Trinajstić information content (AvgIpc) is 2.49. The van der Waals surface area contributed by atoms with Crippen molar-refractivity contribution in [2.75, 3.05) is 27.3 Å². The highest BCUT2D eigenvalue weighted by Crippen LogP contribution is 2.34. The second-order valence-corrected chi connectivity index (χ2v) is 6.04. The van der Waals surface area contributed by atoms with Crippen molar-refractivity contribution >= 4 is 21.9 Å². The summed E-state index contributed by atoms with van der Waals surface area (Å²) in [7, 11) is 3.28.